The van der Waals surface area contributed by atoms with Crippen molar-refractivity contribution in [1.29, 1.82) is 0 Å². The molecule has 138 valence electrons. The zero-order chi connectivity index (χ0) is 18.4. The average Bonchev–Trinajstić information content (AvgIpc) is 2.67. The first-order valence-corrected chi connectivity index (χ1v) is 9.11. The minimum Gasteiger partial charge on any atom is -0.481 e. The van der Waals surface area contributed by atoms with Crippen molar-refractivity contribution in [3.63, 3.8) is 0 Å². The predicted octanol–water partition coefficient (Wildman–Crippen LogP) is 3.26. The molecule has 1 saturated heterocycles. The van der Waals surface area contributed by atoms with E-state index in [-0.39, 0.29) is 5.91 Å². The van der Waals surface area contributed by atoms with E-state index in [2.05, 4.69) is 22.3 Å². The largest absolute Gasteiger partial charge is 0.481 e. The molecular formula is C20H23ClN2O3. The van der Waals surface area contributed by atoms with Gasteiger partial charge in [-0.25, -0.2) is 0 Å². The Hall–Kier alpha value is -2.24. The number of carbonyl (C=O) groups is 1. The summed E-state index contributed by atoms with van der Waals surface area (Å²) in [5.74, 6) is 0.414. The maximum absolute atomic E-state index is 12.2. The smallest absolute Gasteiger partial charge is 0.261 e. The zero-order valence-electron chi connectivity index (χ0n) is 14.8. The fourth-order valence-corrected chi connectivity index (χ4v) is 2.96. The normalized spacial score (nSPS) is 15.4. The molecule has 1 N–H and O–H groups in total. The third kappa shape index (κ3) is 5.13. The highest BCUT2D eigenvalue weighted by atomic mass is 35.5. The fourth-order valence-electron chi connectivity index (χ4n) is 2.78. The van der Waals surface area contributed by atoms with Gasteiger partial charge in [-0.2, -0.15) is 0 Å². The molecule has 0 unspecified atom stereocenters. The Kier molecular flexibility index (Phi) is 6.36. The first-order valence-electron chi connectivity index (χ1n) is 8.73. The summed E-state index contributed by atoms with van der Waals surface area (Å²) >= 11 is 5.93. The SMILES string of the molecule is C[C@@H](Oc1cccc(Cl)c1)C(=O)NCc1ccc(N2CCOCC2)cc1. The van der Waals surface area contributed by atoms with Crippen LogP contribution in [0.4, 0.5) is 5.69 Å². The van der Waals surface area contributed by atoms with Gasteiger partial charge >= 0.3 is 0 Å². The van der Waals surface area contributed by atoms with E-state index >= 15 is 0 Å². The van der Waals surface area contributed by atoms with E-state index in [4.69, 9.17) is 21.1 Å². The number of ether oxygens (including phenoxy) is 2. The molecule has 0 aliphatic carbocycles. The molecule has 1 amide bonds. The van der Waals surface area contributed by atoms with Crippen LogP contribution in [0.1, 0.15) is 12.5 Å². The van der Waals surface area contributed by atoms with Crippen LogP contribution in [0, 0.1) is 0 Å². The Morgan fingerprint density at radius 2 is 1.96 bits per heavy atom. The molecule has 5 nitrogen and oxygen atoms in total. The zero-order valence-corrected chi connectivity index (χ0v) is 15.5. The Bertz CT molecular complexity index is 730. The fraction of sp³-hybridized carbons (Fsp3) is 0.350. The van der Waals surface area contributed by atoms with Gasteiger partial charge in [-0.1, -0.05) is 29.8 Å². The number of carbonyl (C=O) groups excluding carboxylic acids is 1. The molecule has 1 aliphatic rings. The molecule has 0 aromatic heterocycles. The van der Waals surface area contributed by atoms with Crippen LogP contribution in [0.5, 0.6) is 5.75 Å². The van der Waals surface area contributed by atoms with Crippen molar-refractivity contribution in [2.24, 2.45) is 0 Å². The summed E-state index contributed by atoms with van der Waals surface area (Å²) in [5, 5.41) is 3.48. The second-order valence-corrected chi connectivity index (χ2v) is 6.64. The second kappa shape index (κ2) is 8.92. The number of hydrogen-bond acceptors (Lipinski definition) is 4. The van der Waals surface area contributed by atoms with Crippen LogP contribution in [0.15, 0.2) is 48.5 Å². The van der Waals surface area contributed by atoms with Crippen LogP contribution >= 0.6 is 11.6 Å². The molecule has 2 aromatic carbocycles. The van der Waals surface area contributed by atoms with Crippen LogP contribution in [-0.2, 0) is 16.1 Å². The molecule has 1 aliphatic heterocycles. The summed E-state index contributed by atoms with van der Waals surface area (Å²) in [5.41, 5.74) is 2.23. The molecule has 2 aromatic rings. The van der Waals surface area contributed by atoms with Gasteiger partial charge in [0.1, 0.15) is 5.75 Å². The summed E-state index contributed by atoms with van der Waals surface area (Å²) in [6.45, 7) is 5.54. The molecule has 1 fully saturated rings. The third-order valence-corrected chi connectivity index (χ3v) is 4.49. The van der Waals surface area contributed by atoms with E-state index in [9.17, 15) is 4.79 Å². The highest BCUT2D eigenvalue weighted by Gasteiger charge is 2.15. The van der Waals surface area contributed by atoms with Gasteiger partial charge in [0.05, 0.1) is 13.2 Å². The number of halogens is 1. The van der Waals surface area contributed by atoms with E-state index in [1.165, 1.54) is 5.69 Å². The highest BCUT2D eigenvalue weighted by Crippen LogP contribution is 2.19. The van der Waals surface area contributed by atoms with E-state index in [0.29, 0.717) is 17.3 Å². The van der Waals surface area contributed by atoms with Gasteiger partial charge < -0.3 is 19.7 Å². The topological polar surface area (TPSA) is 50.8 Å². The summed E-state index contributed by atoms with van der Waals surface area (Å²) in [6, 6.07) is 15.3. The monoisotopic (exact) mass is 374 g/mol. The van der Waals surface area contributed by atoms with Crippen LogP contribution in [0.2, 0.25) is 5.02 Å². The number of benzene rings is 2. The third-order valence-electron chi connectivity index (χ3n) is 4.26. The Balaban J connectivity index is 1.49. The molecule has 6 heteroatoms. The van der Waals surface area contributed by atoms with E-state index in [1.807, 2.05) is 12.1 Å². The minimum atomic E-state index is -0.596. The molecule has 0 radical (unpaired) electrons. The highest BCUT2D eigenvalue weighted by molar-refractivity contribution is 6.30. The lowest BCUT2D eigenvalue weighted by Crippen LogP contribution is -2.36. The van der Waals surface area contributed by atoms with Crippen molar-refractivity contribution >= 4 is 23.2 Å². The van der Waals surface area contributed by atoms with Gasteiger partial charge in [-0.15, -0.1) is 0 Å². The van der Waals surface area contributed by atoms with Crippen molar-refractivity contribution in [3.05, 3.63) is 59.1 Å². The Labute approximate surface area is 158 Å². The summed E-state index contributed by atoms with van der Waals surface area (Å²) in [4.78, 5) is 14.5. The molecule has 0 spiro atoms. The van der Waals surface area contributed by atoms with Crippen molar-refractivity contribution in [1.82, 2.24) is 5.32 Å². The van der Waals surface area contributed by atoms with Gasteiger partial charge in [0.15, 0.2) is 6.10 Å². The molecule has 0 saturated carbocycles. The lowest BCUT2D eigenvalue weighted by Gasteiger charge is -2.28. The number of nitrogens with one attached hydrogen (secondary N) is 1. The number of rotatable bonds is 6. The Morgan fingerprint density at radius 1 is 1.23 bits per heavy atom. The maximum atomic E-state index is 12.2. The van der Waals surface area contributed by atoms with Gasteiger partial charge in [-0.05, 0) is 42.8 Å². The molecule has 0 bridgehead atoms. The summed E-state index contributed by atoms with van der Waals surface area (Å²) in [7, 11) is 0. The predicted molar refractivity (Wildman–Crippen MR) is 103 cm³/mol. The quantitative estimate of drug-likeness (QED) is 0.843. The molecule has 26 heavy (non-hydrogen) atoms. The van der Waals surface area contributed by atoms with Gasteiger partial charge in [0, 0.05) is 30.3 Å². The minimum absolute atomic E-state index is 0.165. The second-order valence-electron chi connectivity index (χ2n) is 6.20. The molecular weight excluding hydrogens is 352 g/mol. The number of hydrogen-bond donors (Lipinski definition) is 1. The van der Waals surface area contributed by atoms with E-state index < -0.39 is 6.10 Å². The number of amides is 1. The van der Waals surface area contributed by atoms with Crippen LogP contribution in [0.3, 0.4) is 0 Å². The standard InChI is InChI=1S/C20H23ClN2O3/c1-15(26-19-4-2-3-17(21)13-19)20(24)22-14-16-5-7-18(8-6-16)23-9-11-25-12-10-23/h2-8,13,15H,9-12,14H2,1H3,(H,22,24)/t15-/m1/s1. The summed E-state index contributed by atoms with van der Waals surface area (Å²) in [6.07, 6.45) is -0.596. The van der Waals surface area contributed by atoms with Gasteiger partial charge in [0.25, 0.3) is 5.91 Å². The van der Waals surface area contributed by atoms with Gasteiger partial charge in [-0.3, -0.25) is 4.79 Å². The number of nitrogens with zero attached hydrogens (tertiary/aromatic N) is 1. The first-order chi connectivity index (χ1) is 12.6. The number of morpholine rings is 1. The number of anilines is 1. The van der Waals surface area contributed by atoms with Crippen molar-refractivity contribution < 1.29 is 14.3 Å². The first kappa shape index (κ1) is 18.5. The molecule has 1 heterocycles. The lowest BCUT2D eigenvalue weighted by molar-refractivity contribution is -0.127. The van der Waals surface area contributed by atoms with E-state index in [1.54, 1.807) is 31.2 Å². The lowest BCUT2D eigenvalue weighted by atomic mass is 10.2. The van der Waals surface area contributed by atoms with Crippen LogP contribution < -0.4 is 15.0 Å². The van der Waals surface area contributed by atoms with Crippen LogP contribution in [-0.4, -0.2) is 38.3 Å². The van der Waals surface area contributed by atoms with Crippen molar-refractivity contribution in [3.8, 4) is 5.75 Å². The molecule has 3 rings (SSSR count). The van der Waals surface area contributed by atoms with Gasteiger partial charge in [0.2, 0.25) is 0 Å². The summed E-state index contributed by atoms with van der Waals surface area (Å²) < 4.78 is 11.0. The van der Waals surface area contributed by atoms with Crippen molar-refractivity contribution in [2.75, 3.05) is 31.2 Å². The Morgan fingerprint density at radius 3 is 2.65 bits per heavy atom. The average molecular weight is 375 g/mol. The van der Waals surface area contributed by atoms with E-state index in [0.717, 1.165) is 31.9 Å². The maximum Gasteiger partial charge on any atom is 0.261 e. The van der Waals surface area contributed by atoms with Crippen molar-refractivity contribution in [2.45, 2.75) is 19.6 Å². The molecule has 1 atom stereocenters. The van der Waals surface area contributed by atoms with Crippen LogP contribution in [0.25, 0.3) is 0 Å².